The first-order chi connectivity index (χ1) is 13.7. The smallest absolute Gasteiger partial charge is 0.169 e. The van der Waals surface area contributed by atoms with Gasteiger partial charge in [-0.1, -0.05) is 24.3 Å². The van der Waals surface area contributed by atoms with E-state index in [-0.39, 0.29) is 0 Å². The maximum atomic E-state index is 2.32. The third kappa shape index (κ3) is 6.92. The number of hydrogen-bond acceptors (Lipinski definition) is 0. The van der Waals surface area contributed by atoms with Crippen LogP contribution in [0.4, 0.5) is 0 Å². The number of aryl methyl sites for hydroxylation is 6. The lowest BCUT2D eigenvalue weighted by Gasteiger charge is -2.04. The first kappa shape index (κ1) is 20.3. The Balaban J connectivity index is 1.31. The largest absolute Gasteiger partial charge is 0.205 e. The van der Waals surface area contributed by atoms with Gasteiger partial charge in [0.15, 0.2) is 24.8 Å². The number of benzene rings is 1. The summed E-state index contributed by atoms with van der Waals surface area (Å²) < 4.78 is 4.57. The second-order valence-corrected chi connectivity index (χ2v) is 7.96. The molecule has 2 heteroatoms. The molecule has 1 aromatic carbocycles. The highest BCUT2D eigenvalue weighted by molar-refractivity contribution is 5.22. The lowest BCUT2D eigenvalue weighted by molar-refractivity contribution is -0.697. The van der Waals surface area contributed by atoms with E-state index in [0.29, 0.717) is 0 Å². The van der Waals surface area contributed by atoms with Gasteiger partial charge in [0, 0.05) is 37.1 Å². The van der Waals surface area contributed by atoms with Crippen LogP contribution >= 0.6 is 0 Å². The predicted octanol–water partition coefficient (Wildman–Crippen LogP) is 4.92. The van der Waals surface area contributed by atoms with E-state index in [1.165, 1.54) is 60.8 Å². The number of nitrogens with zero attached hydrogens (tertiary/aromatic N) is 2. The lowest BCUT2D eigenvalue weighted by Crippen LogP contribution is -2.32. The van der Waals surface area contributed by atoms with Gasteiger partial charge in [-0.15, -0.1) is 0 Å². The number of rotatable bonds is 10. The van der Waals surface area contributed by atoms with Crippen molar-refractivity contribution in [2.45, 2.75) is 65.5 Å². The molecular weight excluding hydrogens is 340 g/mol. The summed E-state index contributed by atoms with van der Waals surface area (Å²) in [6.07, 6.45) is 16.0. The maximum absolute atomic E-state index is 2.32. The van der Waals surface area contributed by atoms with Crippen LogP contribution in [0.5, 0.6) is 0 Å². The van der Waals surface area contributed by atoms with E-state index in [0.717, 1.165) is 13.1 Å². The molecule has 2 nitrogen and oxygen atoms in total. The fraction of sp³-hybridized carbons (Fsp3) is 0.385. The predicted molar refractivity (Wildman–Crippen MR) is 115 cm³/mol. The molecule has 0 aliphatic carbocycles. The molecule has 28 heavy (non-hydrogen) atoms. The first-order valence-corrected chi connectivity index (χ1v) is 10.7. The molecular formula is C26H34N2+2. The zero-order chi connectivity index (χ0) is 19.6. The minimum absolute atomic E-state index is 1.11. The van der Waals surface area contributed by atoms with Crippen molar-refractivity contribution >= 4 is 0 Å². The Morgan fingerprint density at radius 2 is 0.857 bits per heavy atom. The summed E-state index contributed by atoms with van der Waals surface area (Å²) >= 11 is 0. The molecule has 0 aliphatic rings. The van der Waals surface area contributed by atoms with E-state index in [2.05, 4.69) is 96.3 Å². The lowest BCUT2D eigenvalue weighted by atomic mass is 10.0. The van der Waals surface area contributed by atoms with Crippen molar-refractivity contribution in [1.82, 2.24) is 0 Å². The summed E-state index contributed by atoms with van der Waals surface area (Å²) in [5, 5.41) is 0. The van der Waals surface area contributed by atoms with Crippen LogP contribution < -0.4 is 9.13 Å². The van der Waals surface area contributed by atoms with Gasteiger partial charge in [0.2, 0.25) is 0 Å². The molecule has 0 saturated carbocycles. The molecule has 0 unspecified atom stereocenters. The van der Waals surface area contributed by atoms with Crippen LogP contribution in [0.2, 0.25) is 0 Å². The molecule has 0 N–H and O–H groups in total. The standard InChI is InChI=1S/C26H34N2/c1-23-13-19-27(20-14-23)17-5-3-7-25-9-11-26(12-10-25)8-4-6-18-28-21-15-24(2)16-22-28/h9-16,19-22H,3-8,17-18H2,1-2H3/q+2. The molecule has 0 amide bonds. The van der Waals surface area contributed by atoms with Crippen LogP contribution in [0.15, 0.2) is 73.3 Å². The summed E-state index contributed by atoms with van der Waals surface area (Å²) in [6, 6.07) is 18.0. The third-order valence-electron chi connectivity index (χ3n) is 5.40. The average molecular weight is 375 g/mol. The molecule has 0 radical (unpaired) electrons. The van der Waals surface area contributed by atoms with E-state index in [1.807, 2.05) is 0 Å². The molecule has 0 spiro atoms. The Hall–Kier alpha value is -2.48. The number of aromatic nitrogens is 2. The highest BCUT2D eigenvalue weighted by atomic mass is 14.9. The van der Waals surface area contributed by atoms with Crippen molar-refractivity contribution in [1.29, 1.82) is 0 Å². The minimum Gasteiger partial charge on any atom is -0.205 e. The first-order valence-electron chi connectivity index (χ1n) is 10.7. The van der Waals surface area contributed by atoms with E-state index in [9.17, 15) is 0 Å². The molecule has 0 aliphatic heterocycles. The van der Waals surface area contributed by atoms with Crippen molar-refractivity contribution in [2.24, 2.45) is 0 Å². The van der Waals surface area contributed by atoms with E-state index < -0.39 is 0 Å². The van der Waals surface area contributed by atoms with Crippen LogP contribution in [0.25, 0.3) is 0 Å². The third-order valence-corrected chi connectivity index (χ3v) is 5.40. The Labute approximate surface area is 170 Å². The van der Waals surface area contributed by atoms with Gasteiger partial charge >= 0.3 is 0 Å². The summed E-state index contributed by atoms with van der Waals surface area (Å²) in [5.41, 5.74) is 5.58. The zero-order valence-electron chi connectivity index (χ0n) is 17.5. The number of unbranched alkanes of at least 4 members (excludes halogenated alkanes) is 2. The molecule has 0 bridgehead atoms. The summed E-state index contributed by atoms with van der Waals surface area (Å²) in [5.74, 6) is 0. The van der Waals surface area contributed by atoms with Crippen molar-refractivity contribution < 1.29 is 9.13 Å². The second-order valence-electron chi connectivity index (χ2n) is 7.96. The van der Waals surface area contributed by atoms with Gasteiger partial charge in [-0.05, 0) is 61.8 Å². The second kappa shape index (κ2) is 10.8. The van der Waals surface area contributed by atoms with Crippen LogP contribution in [0, 0.1) is 13.8 Å². The number of hydrogen-bond donors (Lipinski definition) is 0. The normalized spacial score (nSPS) is 10.9. The van der Waals surface area contributed by atoms with E-state index in [1.54, 1.807) is 0 Å². The fourth-order valence-corrected chi connectivity index (χ4v) is 3.48. The quantitative estimate of drug-likeness (QED) is 0.351. The SMILES string of the molecule is Cc1cc[n+](CCCCc2ccc(CCCC[n+]3ccc(C)cc3)cc2)cc1. The Morgan fingerprint density at radius 3 is 1.21 bits per heavy atom. The highest BCUT2D eigenvalue weighted by Gasteiger charge is 2.02. The highest BCUT2D eigenvalue weighted by Crippen LogP contribution is 2.10. The van der Waals surface area contributed by atoms with Gasteiger partial charge in [0.05, 0.1) is 0 Å². The van der Waals surface area contributed by atoms with Crippen LogP contribution in [-0.4, -0.2) is 0 Å². The van der Waals surface area contributed by atoms with Crippen molar-refractivity contribution in [2.75, 3.05) is 0 Å². The summed E-state index contributed by atoms with van der Waals surface area (Å²) in [4.78, 5) is 0. The average Bonchev–Trinajstić information content (AvgIpc) is 2.72. The van der Waals surface area contributed by atoms with Crippen molar-refractivity contribution in [3.05, 3.63) is 95.6 Å². The molecule has 2 aromatic heterocycles. The van der Waals surface area contributed by atoms with Gasteiger partial charge in [-0.3, -0.25) is 0 Å². The molecule has 0 atom stereocenters. The van der Waals surface area contributed by atoms with Gasteiger partial charge in [-0.2, -0.15) is 0 Å². The Kier molecular flexibility index (Phi) is 7.78. The van der Waals surface area contributed by atoms with Crippen molar-refractivity contribution in [3.8, 4) is 0 Å². The molecule has 3 aromatic rings. The monoisotopic (exact) mass is 374 g/mol. The topological polar surface area (TPSA) is 7.76 Å². The van der Waals surface area contributed by atoms with Crippen LogP contribution in [0.3, 0.4) is 0 Å². The van der Waals surface area contributed by atoms with Crippen molar-refractivity contribution in [3.63, 3.8) is 0 Å². The fourth-order valence-electron chi connectivity index (χ4n) is 3.48. The minimum atomic E-state index is 1.11. The summed E-state index contributed by atoms with van der Waals surface area (Å²) in [6.45, 7) is 6.49. The maximum Gasteiger partial charge on any atom is 0.169 e. The molecule has 3 rings (SSSR count). The van der Waals surface area contributed by atoms with Gasteiger partial charge < -0.3 is 0 Å². The Bertz CT molecular complexity index is 745. The molecule has 0 fully saturated rings. The van der Waals surface area contributed by atoms with E-state index in [4.69, 9.17) is 0 Å². The van der Waals surface area contributed by atoms with Gasteiger partial charge in [-0.25, -0.2) is 9.13 Å². The van der Waals surface area contributed by atoms with E-state index >= 15 is 0 Å². The molecule has 0 saturated heterocycles. The van der Waals surface area contributed by atoms with Gasteiger partial charge in [0.25, 0.3) is 0 Å². The number of pyridine rings is 2. The molecule has 2 heterocycles. The van der Waals surface area contributed by atoms with Crippen LogP contribution in [0.1, 0.15) is 47.9 Å². The van der Waals surface area contributed by atoms with Gasteiger partial charge in [0.1, 0.15) is 13.1 Å². The Morgan fingerprint density at radius 1 is 0.500 bits per heavy atom. The summed E-state index contributed by atoms with van der Waals surface area (Å²) in [7, 11) is 0. The molecule has 146 valence electrons. The van der Waals surface area contributed by atoms with Crippen LogP contribution in [-0.2, 0) is 25.9 Å². The zero-order valence-corrected chi connectivity index (χ0v) is 17.5.